The molecular weight excluding hydrogens is 580 g/mol. The van der Waals surface area contributed by atoms with Crippen molar-refractivity contribution in [1.29, 1.82) is 0 Å². The van der Waals surface area contributed by atoms with Crippen molar-refractivity contribution in [1.82, 2.24) is 13.9 Å². The van der Waals surface area contributed by atoms with Crippen LogP contribution in [0.3, 0.4) is 0 Å². The second-order valence-corrected chi connectivity index (χ2v) is 12.0. The number of sulfonamides is 1. The average molecular weight is 611 g/mol. The van der Waals surface area contributed by atoms with Gasteiger partial charge in [0, 0.05) is 36.0 Å². The number of nitrogens with zero attached hydrogens (tertiary/aromatic N) is 3. The Hall–Kier alpha value is -3.90. The smallest absolute Gasteiger partial charge is 0.243 e. The number of carbonyl (C=O) groups excluding carboxylic acids is 1. The summed E-state index contributed by atoms with van der Waals surface area (Å²) in [4.78, 5) is 18.2. The summed E-state index contributed by atoms with van der Waals surface area (Å²) in [6.07, 6.45) is 3.02. The van der Waals surface area contributed by atoms with Crippen LogP contribution in [0, 0.1) is 0 Å². The number of nitrogens with one attached hydrogen (secondary N) is 1. The molecule has 10 nitrogen and oxygen atoms in total. The van der Waals surface area contributed by atoms with Crippen molar-refractivity contribution in [3.63, 3.8) is 0 Å². The van der Waals surface area contributed by atoms with Gasteiger partial charge in [0.15, 0.2) is 11.5 Å². The summed E-state index contributed by atoms with van der Waals surface area (Å²) in [5.41, 5.74) is 2.12. The first kappa shape index (κ1) is 29.6. The quantitative estimate of drug-likeness (QED) is 0.254. The Kier molecular flexibility index (Phi) is 9.12. The van der Waals surface area contributed by atoms with E-state index in [0.29, 0.717) is 40.9 Å². The van der Waals surface area contributed by atoms with Crippen molar-refractivity contribution in [3.8, 4) is 28.4 Å². The van der Waals surface area contributed by atoms with E-state index in [9.17, 15) is 13.2 Å². The lowest BCUT2D eigenvalue weighted by atomic mass is 10.2. The van der Waals surface area contributed by atoms with E-state index in [4.69, 9.17) is 25.8 Å². The van der Waals surface area contributed by atoms with Gasteiger partial charge in [0.25, 0.3) is 0 Å². The summed E-state index contributed by atoms with van der Waals surface area (Å²) >= 11 is 5.98. The van der Waals surface area contributed by atoms with Crippen LogP contribution in [-0.2, 0) is 19.6 Å². The molecule has 1 unspecified atom stereocenters. The lowest BCUT2D eigenvalue weighted by Crippen LogP contribution is -2.42. The van der Waals surface area contributed by atoms with Crippen LogP contribution in [0.5, 0.6) is 11.5 Å². The molecule has 1 fully saturated rings. The predicted molar refractivity (Wildman–Crippen MR) is 160 cm³/mol. The van der Waals surface area contributed by atoms with E-state index in [1.54, 1.807) is 30.0 Å². The van der Waals surface area contributed by atoms with E-state index in [-0.39, 0.29) is 23.5 Å². The summed E-state index contributed by atoms with van der Waals surface area (Å²) in [7, 11) is -0.944. The van der Waals surface area contributed by atoms with Crippen molar-refractivity contribution in [2.75, 3.05) is 39.2 Å². The van der Waals surface area contributed by atoms with Gasteiger partial charge in [0.2, 0.25) is 21.9 Å². The van der Waals surface area contributed by atoms with Gasteiger partial charge in [0.1, 0.15) is 0 Å². The lowest BCUT2D eigenvalue weighted by molar-refractivity contribution is -0.116. The number of ether oxygens (including phenoxy) is 3. The number of halogens is 1. The molecule has 1 aliphatic rings. The summed E-state index contributed by atoms with van der Waals surface area (Å²) < 4.78 is 46.7. The molecule has 0 saturated carbocycles. The van der Waals surface area contributed by atoms with E-state index < -0.39 is 22.5 Å². The third-order valence-electron chi connectivity index (χ3n) is 6.87. The van der Waals surface area contributed by atoms with Gasteiger partial charge < -0.3 is 14.2 Å². The first-order valence-electron chi connectivity index (χ1n) is 13.3. The number of methoxy groups -OCH3 is 2. The monoisotopic (exact) mass is 610 g/mol. The van der Waals surface area contributed by atoms with Crippen molar-refractivity contribution < 1.29 is 27.4 Å². The van der Waals surface area contributed by atoms with E-state index in [1.165, 1.54) is 31.4 Å². The second kappa shape index (κ2) is 13.0. The summed E-state index contributed by atoms with van der Waals surface area (Å²) in [5.74, 6) is 0.705. The maximum Gasteiger partial charge on any atom is 0.243 e. The molecule has 1 atom stereocenters. The Labute approximate surface area is 249 Å². The predicted octanol–water partition coefficient (Wildman–Crippen LogP) is 5.02. The minimum Gasteiger partial charge on any atom is -0.493 e. The molecule has 1 amide bonds. The molecule has 0 radical (unpaired) electrons. The lowest BCUT2D eigenvalue weighted by Gasteiger charge is -2.24. The average Bonchev–Trinajstić information content (AvgIpc) is 3.67. The number of amides is 1. The Morgan fingerprint density at radius 1 is 1.07 bits per heavy atom. The molecule has 4 aromatic rings. The summed E-state index contributed by atoms with van der Waals surface area (Å²) in [5, 5.41) is 3.24. The maximum absolute atomic E-state index is 13.6. The van der Waals surface area contributed by atoms with Crippen LogP contribution >= 0.6 is 11.6 Å². The first-order chi connectivity index (χ1) is 20.3. The second-order valence-electron chi connectivity index (χ2n) is 9.66. The van der Waals surface area contributed by atoms with Crippen LogP contribution in [0.2, 0.25) is 5.02 Å². The van der Waals surface area contributed by atoms with Crippen LogP contribution in [0.1, 0.15) is 12.8 Å². The molecule has 0 bridgehead atoms. The molecule has 2 heterocycles. The highest BCUT2D eigenvalue weighted by Crippen LogP contribution is 2.32. The number of hydrogen-bond donors (Lipinski definition) is 1. The maximum atomic E-state index is 13.6. The van der Waals surface area contributed by atoms with Crippen LogP contribution in [0.15, 0.2) is 83.9 Å². The highest BCUT2D eigenvalue weighted by atomic mass is 35.5. The number of rotatable bonds is 11. The molecule has 1 N–H and O–H groups in total. The molecule has 1 aromatic heterocycles. The topological polar surface area (TPSA) is 112 Å². The molecule has 0 spiro atoms. The van der Waals surface area contributed by atoms with Crippen molar-refractivity contribution in [2.45, 2.75) is 23.8 Å². The van der Waals surface area contributed by atoms with Crippen LogP contribution < -0.4 is 14.8 Å². The number of benzene rings is 3. The minimum atomic E-state index is -4.03. The van der Waals surface area contributed by atoms with Crippen molar-refractivity contribution in [3.05, 3.63) is 84.0 Å². The molecule has 5 rings (SSSR count). The van der Waals surface area contributed by atoms with E-state index in [2.05, 4.69) is 10.3 Å². The van der Waals surface area contributed by atoms with Crippen molar-refractivity contribution >= 4 is 33.5 Å². The van der Waals surface area contributed by atoms with E-state index in [0.717, 1.165) is 16.3 Å². The first-order valence-corrected chi connectivity index (χ1v) is 15.1. The molecule has 1 aliphatic heterocycles. The van der Waals surface area contributed by atoms with Gasteiger partial charge in [-0.05, 0) is 49.2 Å². The van der Waals surface area contributed by atoms with Gasteiger partial charge in [-0.25, -0.2) is 13.4 Å². The summed E-state index contributed by atoms with van der Waals surface area (Å²) in [6.45, 7) is 0.152. The zero-order chi connectivity index (χ0) is 29.7. The molecule has 42 heavy (non-hydrogen) atoms. The third kappa shape index (κ3) is 6.60. The standard InChI is InChI=1S/C30H31ClN4O6S/c1-39-27-15-12-23(17-28(27)40-2)35-19-26(21-7-4-3-5-8-21)32-30(35)33-29(36)20-34(18-24-9-6-16-41-24)42(37,38)25-13-10-22(31)11-14-25/h3-5,7-8,10-15,17,19,24H,6,9,16,18,20H2,1-2H3,(H,32,33,36). The Morgan fingerprint density at radius 2 is 1.81 bits per heavy atom. The van der Waals surface area contributed by atoms with E-state index >= 15 is 0 Å². The van der Waals surface area contributed by atoms with Crippen LogP contribution in [0.25, 0.3) is 16.9 Å². The normalized spacial score (nSPS) is 15.1. The molecule has 1 saturated heterocycles. The third-order valence-corrected chi connectivity index (χ3v) is 8.95. The highest BCUT2D eigenvalue weighted by molar-refractivity contribution is 7.89. The molecule has 220 valence electrons. The zero-order valence-corrected chi connectivity index (χ0v) is 24.8. The van der Waals surface area contributed by atoms with Gasteiger partial charge in [-0.1, -0.05) is 41.9 Å². The highest BCUT2D eigenvalue weighted by Gasteiger charge is 2.31. The molecule has 12 heteroatoms. The number of imidazole rings is 1. The molecule has 3 aromatic carbocycles. The fourth-order valence-corrected chi connectivity index (χ4v) is 6.29. The Morgan fingerprint density at radius 3 is 2.48 bits per heavy atom. The van der Waals surface area contributed by atoms with Gasteiger partial charge >= 0.3 is 0 Å². The van der Waals surface area contributed by atoms with Gasteiger partial charge in [-0.2, -0.15) is 4.31 Å². The van der Waals surface area contributed by atoms with Crippen molar-refractivity contribution in [2.24, 2.45) is 0 Å². The summed E-state index contributed by atoms with van der Waals surface area (Å²) in [6, 6.07) is 20.7. The number of anilines is 1. The minimum absolute atomic E-state index is 0.0379. The fraction of sp³-hybridized carbons (Fsp3) is 0.267. The Bertz CT molecular complexity index is 1640. The van der Waals surface area contributed by atoms with E-state index in [1.807, 2.05) is 36.4 Å². The molecule has 0 aliphatic carbocycles. The van der Waals surface area contributed by atoms with Crippen LogP contribution in [-0.4, -0.2) is 68.2 Å². The van der Waals surface area contributed by atoms with Gasteiger partial charge in [0.05, 0.1) is 43.1 Å². The fourth-order valence-electron chi connectivity index (χ4n) is 4.73. The number of carbonyl (C=O) groups is 1. The van der Waals surface area contributed by atoms with Crippen LogP contribution in [0.4, 0.5) is 5.95 Å². The Balaban J connectivity index is 1.47. The number of hydrogen-bond acceptors (Lipinski definition) is 7. The van der Waals surface area contributed by atoms with Gasteiger partial charge in [-0.3, -0.25) is 14.7 Å². The zero-order valence-electron chi connectivity index (χ0n) is 23.2. The largest absolute Gasteiger partial charge is 0.493 e. The van der Waals surface area contributed by atoms with Gasteiger partial charge in [-0.15, -0.1) is 0 Å². The SMILES string of the molecule is COc1ccc(-n2cc(-c3ccccc3)nc2NC(=O)CN(CC2CCCO2)S(=O)(=O)c2ccc(Cl)cc2)cc1OC. The molecular formula is C30H31ClN4O6S. The number of aromatic nitrogens is 2.